The number of benzene rings is 4. The zero-order valence-electron chi connectivity index (χ0n) is 16.5. The average Bonchev–Trinajstić information content (AvgIpc) is 2.81. The molecule has 30 heavy (non-hydrogen) atoms. The Kier molecular flexibility index (Phi) is 7.60. The Balaban J connectivity index is 0.000000172. The van der Waals surface area contributed by atoms with Crippen molar-refractivity contribution in [3.8, 4) is 11.8 Å². The summed E-state index contributed by atoms with van der Waals surface area (Å²) >= 11 is 0. The molecule has 0 aliphatic heterocycles. The first-order valence-corrected chi connectivity index (χ1v) is 9.69. The molecule has 0 saturated heterocycles. The van der Waals surface area contributed by atoms with E-state index in [9.17, 15) is 9.90 Å². The van der Waals surface area contributed by atoms with Gasteiger partial charge in [0.2, 0.25) is 0 Å². The number of carboxylic acids is 1. The molecule has 0 aromatic heterocycles. The summed E-state index contributed by atoms with van der Waals surface area (Å²) in [6, 6.07) is 38.5. The SMILES string of the molecule is C(#Cc1ccccc1)c1ccccc1.O=C(O)C(c1ccccc1)c1ccccc1. The van der Waals surface area contributed by atoms with Crippen molar-refractivity contribution < 1.29 is 9.90 Å². The van der Waals surface area contributed by atoms with E-state index in [0.29, 0.717) is 0 Å². The number of carboxylic acid groups (broad SMARTS) is 1. The fourth-order valence-corrected chi connectivity index (χ4v) is 2.96. The summed E-state index contributed by atoms with van der Waals surface area (Å²) in [7, 11) is 0. The first-order chi connectivity index (χ1) is 14.7. The van der Waals surface area contributed by atoms with Crippen LogP contribution >= 0.6 is 0 Å². The monoisotopic (exact) mass is 390 g/mol. The van der Waals surface area contributed by atoms with E-state index in [2.05, 4.69) is 11.8 Å². The molecule has 0 unspecified atom stereocenters. The predicted molar refractivity (Wildman–Crippen MR) is 121 cm³/mol. The van der Waals surface area contributed by atoms with Crippen LogP contribution in [0.4, 0.5) is 0 Å². The minimum atomic E-state index is -0.822. The second-order valence-electron chi connectivity index (χ2n) is 6.57. The summed E-state index contributed by atoms with van der Waals surface area (Å²) < 4.78 is 0. The smallest absolute Gasteiger partial charge is 0.315 e. The molecular weight excluding hydrogens is 368 g/mol. The fraction of sp³-hybridized carbons (Fsp3) is 0.0357. The Morgan fingerprint density at radius 2 is 0.833 bits per heavy atom. The molecule has 0 aliphatic carbocycles. The fourth-order valence-electron chi connectivity index (χ4n) is 2.96. The predicted octanol–water partition coefficient (Wildman–Crippen LogP) is 5.99. The minimum Gasteiger partial charge on any atom is -0.481 e. The van der Waals surface area contributed by atoms with Gasteiger partial charge in [-0.15, -0.1) is 0 Å². The minimum absolute atomic E-state index is 0.581. The van der Waals surface area contributed by atoms with Gasteiger partial charge in [0, 0.05) is 11.1 Å². The van der Waals surface area contributed by atoms with Gasteiger partial charge < -0.3 is 5.11 Å². The maximum atomic E-state index is 11.3. The van der Waals surface area contributed by atoms with Crippen LogP contribution in [-0.2, 0) is 4.79 Å². The molecule has 0 radical (unpaired) electrons. The average molecular weight is 390 g/mol. The highest BCUT2D eigenvalue weighted by atomic mass is 16.4. The molecule has 2 nitrogen and oxygen atoms in total. The highest BCUT2D eigenvalue weighted by Gasteiger charge is 2.21. The van der Waals surface area contributed by atoms with Gasteiger partial charge in [-0.25, -0.2) is 0 Å². The van der Waals surface area contributed by atoms with Crippen LogP contribution in [0.5, 0.6) is 0 Å². The third kappa shape index (κ3) is 6.22. The lowest BCUT2D eigenvalue weighted by Gasteiger charge is -2.12. The molecule has 4 aromatic carbocycles. The standard InChI is InChI=1S/C14H12O2.C14H10/c15-14(16)13(11-7-3-1-4-8-11)12-9-5-2-6-10-12;1-3-7-13(8-4-1)11-12-14-9-5-2-6-10-14/h1-10,13H,(H,15,16);1-10H. The highest BCUT2D eigenvalue weighted by molar-refractivity contribution is 5.80. The van der Waals surface area contributed by atoms with E-state index in [1.165, 1.54) is 0 Å². The first-order valence-electron chi connectivity index (χ1n) is 9.69. The Morgan fingerprint density at radius 1 is 0.533 bits per heavy atom. The van der Waals surface area contributed by atoms with Gasteiger partial charge >= 0.3 is 5.97 Å². The van der Waals surface area contributed by atoms with E-state index in [1.54, 1.807) is 0 Å². The van der Waals surface area contributed by atoms with Gasteiger partial charge in [-0.1, -0.05) is 109 Å². The summed E-state index contributed by atoms with van der Waals surface area (Å²) in [4.78, 5) is 11.3. The summed E-state index contributed by atoms with van der Waals surface area (Å²) in [6.07, 6.45) is 0. The zero-order chi connectivity index (χ0) is 21.0. The Labute approximate surface area is 177 Å². The van der Waals surface area contributed by atoms with Crippen molar-refractivity contribution in [3.63, 3.8) is 0 Å². The van der Waals surface area contributed by atoms with Gasteiger partial charge in [-0.05, 0) is 35.4 Å². The van der Waals surface area contributed by atoms with Crippen LogP contribution in [0.3, 0.4) is 0 Å². The molecule has 0 fully saturated rings. The normalized spacial score (nSPS) is 9.63. The Hall–Kier alpha value is -4.09. The molecule has 0 atom stereocenters. The molecule has 146 valence electrons. The van der Waals surface area contributed by atoms with Gasteiger partial charge in [0.05, 0.1) is 0 Å². The maximum absolute atomic E-state index is 11.3. The summed E-state index contributed by atoms with van der Waals surface area (Å²) in [5, 5.41) is 9.28. The third-order valence-corrected chi connectivity index (χ3v) is 4.41. The molecule has 0 spiro atoms. The zero-order valence-corrected chi connectivity index (χ0v) is 16.5. The van der Waals surface area contributed by atoms with Crippen molar-refractivity contribution in [2.45, 2.75) is 5.92 Å². The van der Waals surface area contributed by atoms with E-state index >= 15 is 0 Å². The van der Waals surface area contributed by atoms with Gasteiger partial charge in [0.1, 0.15) is 5.92 Å². The van der Waals surface area contributed by atoms with Crippen molar-refractivity contribution in [1.82, 2.24) is 0 Å². The molecule has 0 saturated carbocycles. The lowest BCUT2D eigenvalue weighted by atomic mass is 9.92. The van der Waals surface area contributed by atoms with Crippen LogP contribution in [0, 0.1) is 11.8 Å². The Bertz CT molecular complexity index is 1010. The van der Waals surface area contributed by atoms with Crippen LogP contribution < -0.4 is 0 Å². The lowest BCUT2D eigenvalue weighted by molar-refractivity contribution is -0.137. The van der Waals surface area contributed by atoms with E-state index < -0.39 is 11.9 Å². The van der Waals surface area contributed by atoms with Gasteiger partial charge in [0.15, 0.2) is 0 Å². The first kappa shape index (κ1) is 20.6. The molecule has 0 heterocycles. The van der Waals surface area contributed by atoms with Crippen molar-refractivity contribution >= 4 is 5.97 Å². The molecular formula is C28H22O2. The molecule has 0 amide bonds. The summed E-state index contributed by atoms with van der Waals surface area (Å²) in [5.74, 6) is 4.82. The van der Waals surface area contributed by atoms with Crippen LogP contribution in [0.25, 0.3) is 0 Å². The number of aliphatic carboxylic acids is 1. The molecule has 1 N–H and O–H groups in total. The third-order valence-electron chi connectivity index (χ3n) is 4.41. The Morgan fingerprint density at radius 3 is 1.13 bits per heavy atom. The van der Waals surface area contributed by atoms with E-state index in [0.717, 1.165) is 22.3 Å². The molecule has 4 rings (SSSR count). The van der Waals surface area contributed by atoms with Gasteiger partial charge in [-0.3, -0.25) is 4.79 Å². The molecule has 4 aromatic rings. The van der Waals surface area contributed by atoms with Crippen LogP contribution in [0.15, 0.2) is 121 Å². The number of carbonyl (C=O) groups is 1. The van der Waals surface area contributed by atoms with E-state index in [-0.39, 0.29) is 0 Å². The number of hydrogen-bond acceptors (Lipinski definition) is 1. The van der Waals surface area contributed by atoms with Gasteiger partial charge in [-0.2, -0.15) is 0 Å². The summed E-state index contributed by atoms with van der Waals surface area (Å²) in [5.41, 5.74) is 3.72. The van der Waals surface area contributed by atoms with Gasteiger partial charge in [0.25, 0.3) is 0 Å². The van der Waals surface area contributed by atoms with E-state index in [4.69, 9.17) is 0 Å². The largest absolute Gasteiger partial charge is 0.481 e. The highest BCUT2D eigenvalue weighted by Crippen LogP contribution is 2.24. The van der Waals surface area contributed by atoms with Crippen molar-refractivity contribution in [3.05, 3.63) is 144 Å². The number of rotatable bonds is 3. The van der Waals surface area contributed by atoms with Crippen LogP contribution in [0.1, 0.15) is 28.2 Å². The molecule has 2 heteroatoms. The van der Waals surface area contributed by atoms with Crippen molar-refractivity contribution in [1.29, 1.82) is 0 Å². The van der Waals surface area contributed by atoms with Crippen molar-refractivity contribution in [2.75, 3.05) is 0 Å². The maximum Gasteiger partial charge on any atom is 0.315 e. The molecule has 0 aliphatic rings. The van der Waals surface area contributed by atoms with Crippen LogP contribution in [0.2, 0.25) is 0 Å². The summed E-state index contributed by atoms with van der Waals surface area (Å²) in [6.45, 7) is 0. The van der Waals surface area contributed by atoms with E-state index in [1.807, 2.05) is 121 Å². The lowest BCUT2D eigenvalue weighted by Crippen LogP contribution is -2.12. The quantitative estimate of drug-likeness (QED) is 0.436. The van der Waals surface area contributed by atoms with Crippen LogP contribution in [-0.4, -0.2) is 11.1 Å². The molecule has 0 bridgehead atoms. The van der Waals surface area contributed by atoms with Crippen molar-refractivity contribution in [2.24, 2.45) is 0 Å². The second kappa shape index (κ2) is 11.0. The second-order valence-corrected chi connectivity index (χ2v) is 6.57. The topological polar surface area (TPSA) is 37.3 Å². The number of hydrogen-bond donors (Lipinski definition) is 1.